The summed E-state index contributed by atoms with van der Waals surface area (Å²) < 4.78 is 13.7. The molecule has 3 saturated heterocycles. The van der Waals surface area contributed by atoms with Gasteiger partial charge in [0.25, 0.3) is 5.91 Å². The van der Waals surface area contributed by atoms with Gasteiger partial charge in [-0.2, -0.15) is 0 Å². The van der Waals surface area contributed by atoms with Gasteiger partial charge in [-0.3, -0.25) is 4.79 Å². The number of hydrogen-bond acceptors (Lipinski definition) is 4. The second-order valence-corrected chi connectivity index (χ2v) is 11.1. The molecule has 0 bridgehead atoms. The SMILES string of the molecule is O=C1C(=Cc2cccc(F)c2)SC(c2ccccc2)N1CCCN1CCC(N2CCCCC2)CC1. The number of likely N-dealkylation sites (tertiary alicyclic amines) is 2. The van der Waals surface area contributed by atoms with Gasteiger partial charge in [0.15, 0.2) is 0 Å². The van der Waals surface area contributed by atoms with Crippen LogP contribution in [0.1, 0.15) is 55.0 Å². The number of piperidine rings is 2. The molecule has 1 amide bonds. The maximum Gasteiger partial charge on any atom is 0.261 e. The molecule has 1 atom stereocenters. The fourth-order valence-electron chi connectivity index (χ4n) is 5.67. The standard InChI is InChI=1S/C29H36FN3OS/c30-25-12-7-9-23(21-25)22-27-28(34)33(29(35-27)24-10-3-1-4-11-24)18-8-15-31-19-13-26(14-20-31)32-16-5-2-6-17-32/h1,3-4,7,9-12,21-22,26,29H,2,5-6,8,13-20H2. The quantitative estimate of drug-likeness (QED) is 0.457. The summed E-state index contributed by atoms with van der Waals surface area (Å²) in [7, 11) is 0. The fraction of sp³-hybridized carbons (Fsp3) is 0.483. The summed E-state index contributed by atoms with van der Waals surface area (Å²) in [6.07, 6.45) is 9.46. The molecule has 0 radical (unpaired) electrons. The summed E-state index contributed by atoms with van der Waals surface area (Å²) in [6, 6.07) is 17.5. The first-order chi connectivity index (χ1) is 17.2. The van der Waals surface area contributed by atoms with Crippen LogP contribution in [0.4, 0.5) is 4.39 Å². The molecule has 0 aromatic heterocycles. The fourth-order valence-corrected chi connectivity index (χ4v) is 6.95. The van der Waals surface area contributed by atoms with Crippen molar-refractivity contribution in [1.82, 2.24) is 14.7 Å². The Bertz CT molecular complexity index is 1020. The van der Waals surface area contributed by atoms with E-state index in [0.29, 0.717) is 4.91 Å². The van der Waals surface area contributed by atoms with E-state index in [1.54, 1.807) is 17.8 Å². The summed E-state index contributed by atoms with van der Waals surface area (Å²) in [5, 5.41) is -0.0339. The summed E-state index contributed by atoms with van der Waals surface area (Å²) in [6.45, 7) is 6.66. The molecule has 3 aliphatic rings. The number of rotatable bonds is 7. The number of carbonyl (C=O) groups is 1. The van der Waals surface area contributed by atoms with E-state index in [-0.39, 0.29) is 17.1 Å². The lowest BCUT2D eigenvalue weighted by molar-refractivity contribution is -0.126. The van der Waals surface area contributed by atoms with Crippen molar-refractivity contribution in [2.75, 3.05) is 39.3 Å². The van der Waals surface area contributed by atoms with Crippen LogP contribution in [0.5, 0.6) is 0 Å². The highest BCUT2D eigenvalue weighted by molar-refractivity contribution is 8.04. The molecule has 2 aromatic rings. The van der Waals surface area contributed by atoms with E-state index >= 15 is 0 Å². The van der Waals surface area contributed by atoms with E-state index in [0.717, 1.165) is 49.8 Å². The number of amides is 1. The van der Waals surface area contributed by atoms with E-state index in [9.17, 15) is 9.18 Å². The number of hydrogen-bond donors (Lipinski definition) is 0. The molecule has 0 spiro atoms. The molecule has 1 unspecified atom stereocenters. The molecule has 5 rings (SSSR count). The zero-order chi connectivity index (χ0) is 24.0. The monoisotopic (exact) mass is 493 g/mol. The van der Waals surface area contributed by atoms with E-state index in [4.69, 9.17) is 0 Å². The molecule has 35 heavy (non-hydrogen) atoms. The van der Waals surface area contributed by atoms with Crippen LogP contribution in [0.3, 0.4) is 0 Å². The third kappa shape index (κ3) is 6.16. The highest BCUT2D eigenvalue weighted by Gasteiger charge is 2.37. The van der Waals surface area contributed by atoms with Crippen LogP contribution in [0.15, 0.2) is 59.5 Å². The van der Waals surface area contributed by atoms with Crippen LogP contribution >= 0.6 is 11.8 Å². The number of halogens is 1. The third-order valence-electron chi connectivity index (χ3n) is 7.56. The van der Waals surface area contributed by atoms with Crippen molar-refractivity contribution in [2.24, 2.45) is 0 Å². The van der Waals surface area contributed by atoms with Gasteiger partial charge in [0, 0.05) is 12.6 Å². The van der Waals surface area contributed by atoms with Gasteiger partial charge in [-0.25, -0.2) is 4.39 Å². The van der Waals surface area contributed by atoms with E-state index in [1.807, 2.05) is 35.2 Å². The van der Waals surface area contributed by atoms with Crippen molar-refractivity contribution in [3.05, 3.63) is 76.4 Å². The van der Waals surface area contributed by atoms with Crippen molar-refractivity contribution in [3.63, 3.8) is 0 Å². The van der Waals surface area contributed by atoms with Crippen molar-refractivity contribution < 1.29 is 9.18 Å². The molecule has 2 aromatic carbocycles. The smallest absolute Gasteiger partial charge is 0.261 e. The van der Waals surface area contributed by atoms with Crippen molar-refractivity contribution >= 4 is 23.7 Å². The molecule has 4 nitrogen and oxygen atoms in total. The van der Waals surface area contributed by atoms with Crippen LogP contribution in [-0.4, -0.2) is 65.9 Å². The normalized spacial score (nSPS) is 23.9. The topological polar surface area (TPSA) is 26.8 Å². The molecule has 3 fully saturated rings. The van der Waals surface area contributed by atoms with Gasteiger partial charge in [0.05, 0.1) is 4.91 Å². The zero-order valence-electron chi connectivity index (χ0n) is 20.4. The van der Waals surface area contributed by atoms with Gasteiger partial charge in [-0.05, 0) is 94.2 Å². The predicted molar refractivity (Wildman–Crippen MR) is 142 cm³/mol. The minimum atomic E-state index is -0.282. The molecule has 0 saturated carbocycles. The molecular formula is C29H36FN3OS. The largest absolute Gasteiger partial charge is 0.322 e. The minimum Gasteiger partial charge on any atom is -0.322 e. The summed E-state index contributed by atoms with van der Waals surface area (Å²) in [5.41, 5.74) is 1.86. The summed E-state index contributed by atoms with van der Waals surface area (Å²) in [4.78, 5) is 21.4. The predicted octanol–water partition coefficient (Wildman–Crippen LogP) is 5.78. The lowest BCUT2D eigenvalue weighted by Gasteiger charge is -2.40. The molecule has 3 heterocycles. The maximum atomic E-state index is 13.7. The molecule has 0 aliphatic carbocycles. The molecule has 6 heteroatoms. The van der Waals surface area contributed by atoms with Crippen molar-refractivity contribution in [3.8, 4) is 0 Å². The molecule has 186 valence electrons. The number of benzene rings is 2. The lowest BCUT2D eigenvalue weighted by Crippen LogP contribution is -2.47. The Morgan fingerprint density at radius 1 is 0.914 bits per heavy atom. The van der Waals surface area contributed by atoms with Gasteiger partial charge < -0.3 is 14.7 Å². The summed E-state index contributed by atoms with van der Waals surface area (Å²) in [5.74, 6) is -0.229. The third-order valence-corrected chi connectivity index (χ3v) is 8.86. The Hall–Kier alpha value is -2.15. The van der Waals surface area contributed by atoms with Crippen LogP contribution in [0, 0.1) is 5.82 Å². The first-order valence-corrected chi connectivity index (χ1v) is 14.0. The van der Waals surface area contributed by atoms with Crippen molar-refractivity contribution in [2.45, 2.75) is 49.9 Å². The maximum absolute atomic E-state index is 13.7. The van der Waals surface area contributed by atoms with E-state index < -0.39 is 0 Å². The van der Waals surface area contributed by atoms with Crippen LogP contribution in [-0.2, 0) is 4.79 Å². The number of carbonyl (C=O) groups excluding carboxylic acids is 1. The average Bonchev–Trinajstić information content (AvgIpc) is 3.20. The Morgan fingerprint density at radius 3 is 2.43 bits per heavy atom. The Kier molecular flexibility index (Phi) is 8.22. The van der Waals surface area contributed by atoms with Gasteiger partial charge in [0.1, 0.15) is 11.2 Å². The number of nitrogens with zero attached hydrogens (tertiary/aromatic N) is 3. The van der Waals surface area contributed by atoms with Gasteiger partial charge >= 0.3 is 0 Å². The first-order valence-electron chi connectivity index (χ1n) is 13.1. The highest BCUT2D eigenvalue weighted by atomic mass is 32.2. The van der Waals surface area contributed by atoms with Crippen LogP contribution in [0.2, 0.25) is 0 Å². The van der Waals surface area contributed by atoms with Gasteiger partial charge in [-0.1, -0.05) is 60.6 Å². The Morgan fingerprint density at radius 2 is 1.69 bits per heavy atom. The van der Waals surface area contributed by atoms with Crippen LogP contribution < -0.4 is 0 Å². The zero-order valence-corrected chi connectivity index (χ0v) is 21.3. The average molecular weight is 494 g/mol. The minimum absolute atomic E-state index is 0.0339. The van der Waals surface area contributed by atoms with Crippen LogP contribution in [0.25, 0.3) is 6.08 Å². The van der Waals surface area contributed by atoms with E-state index in [2.05, 4.69) is 21.9 Å². The second-order valence-electron chi connectivity index (χ2n) is 9.97. The second kappa shape index (κ2) is 11.7. The van der Waals surface area contributed by atoms with E-state index in [1.165, 1.54) is 57.3 Å². The molecule has 3 aliphatic heterocycles. The molecule has 0 N–H and O–H groups in total. The lowest BCUT2D eigenvalue weighted by atomic mass is 10.00. The highest BCUT2D eigenvalue weighted by Crippen LogP contribution is 2.46. The first kappa shape index (κ1) is 24.5. The summed E-state index contributed by atoms with van der Waals surface area (Å²) >= 11 is 1.58. The number of thioether (sulfide) groups is 1. The molecular weight excluding hydrogens is 457 g/mol. The Balaban J connectivity index is 1.20. The Labute approximate surface area is 213 Å². The van der Waals surface area contributed by atoms with Crippen molar-refractivity contribution in [1.29, 1.82) is 0 Å². The van der Waals surface area contributed by atoms with Gasteiger partial charge in [0.2, 0.25) is 0 Å². The van der Waals surface area contributed by atoms with Gasteiger partial charge in [-0.15, -0.1) is 0 Å².